The average molecular weight is 197 g/mol. The Balaban J connectivity index is 1.85. The number of Topliss-reactive ketones (excluding diaryl/α,β-unsaturated/α-hetero) is 1. The zero-order chi connectivity index (χ0) is 10.5. The summed E-state index contributed by atoms with van der Waals surface area (Å²) in [6.45, 7) is 2.04. The van der Waals surface area contributed by atoms with E-state index in [1.165, 1.54) is 0 Å². The third kappa shape index (κ3) is 1.54. The predicted molar refractivity (Wildman–Crippen MR) is 49.6 cm³/mol. The summed E-state index contributed by atoms with van der Waals surface area (Å²) >= 11 is 0. The van der Waals surface area contributed by atoms with Crippen LogP contribution in [-0.4, -0.2) is 42.9 Å². The van der Waals surface area contributed by atoms with Crippen LogP contribution in [0, 0.1) is 11.8 Å². The van der Waals surface area contributed by atoms with Crippen LogP contribution in [0.5, 0.6) is 0 Å². The molecule has 4 unspecified atom stereocenters. The second-order valence-electron chi connectivity index (χ2n) is 4.48. The summed E-state index contributed by atoms with van der Waals surface area (Å²) in [5.41, 5.74) is 0. The molecule has 0 aromatic heterocycles. The Morgan fingerprint density at radius 2 is 2.07 bits per heavy atom. The molecule has 0 bridgehead atoms. The molecule has 78 valence electrons. The molecule has 14 heavy (non-hydrogen) atoms. The number of carbonyl (C=O) groups excluding carboxylic acids is 2. The zero-order valence-electron chi connectivity index (χ0n) is 8.69. The second-order valence-corrected chi connectivity index (χ2v) is 4.48. The fourth-order valence-electron chi connectivity index (χ4n) is 1.70. The van der Waals surface area contributed by atoms with Crippen LogP contribution in [0.4, 0.5) is 0 Å². The molecule has 0 aromatic rings. The van der Waals surface area contributed by atoms with Gasteiger partial charge in [-0.3, -0.25) is 14.5 Å². The van der Waals surface area contributed by atoms with Crippen LogP contribution in [-0.2, 0) is 14.3 Å². The van der Waals surface area contributed by atoms with Crippen LogP contribution >= 0.6 is 0 Å². The minimum Gasteiger partial charge on any atom is -0.461 e. The number of ether oxygens (including phenoxy) is 1. The van der Waals surface area contributed by atoms with Crippen molar-refractivity contribution in [2.45, 2.75) is 25.5 Å². The summed E-state index contributed by atoms with van der Waals surface area (Å²) in [7, 11) is 3.60. The van der Waals surface area contributed by atoms with Crippen molar-refractivity contribution in [1.82, 2.24) is 4.90 Å². The minimum absolute atomic E-state index is 0.00620. The molecule has 0 heterocycles. The van der Waals surface area contributed by atoms with E-state index in [2.05, 4.69) is 0 Å². The first-order valence-electron chi connectivity index (χ1n) is 4.93. The van der Waals surface area contributed by atoms with Crippen molar-refractivity contribution in [2.24, 2.45) is 11.8 Å². The summed E-state index contributed by atoms with van der Waals surface area (Å²) in [5, 5.41) is 0. The van der Waals surface area contributed by atoms with Gasteiger partial charge in [-0.1, -0.05) is 6.92 Å². The van der Waals surface area contributed by atoms with Crippen LogP contribution in [0.25, 0.3) is 0 Å². The standard InChI is InChI=1S/C10H15NO3/c1-5-4-6(5)14-10(13)7-8(9(7)12)11(2)3/h5-8H,4H2,1-3H3. The van der Waals surface area contributed by atoms with E-state index < -0.39 is 5.92 Å². The maximum Gasteiger partial charge on any atom is 0.318 e. The van der Waals surface area contributed by atoms with Crippen LogP contribution in [0.1, 0.15) is 13.3 Å². The summed E-state index contributed by atoms with van der Waals surface area (Å²) < 4.78 is 5.16. The van der Waals surface area contributed by atoms with E-state index in [-0.39, 0.29) is 23.9 Å². The molecular weight excluding hydrogens is 182 g/mol. The maximum absolute atomic E-state index is 11.5. The van der Waals surface area contributed by atoms with Gasteiger partial charge in [0.05, 0.1) is 6.04 Å². The molecule has 2 saturated carbocycles. The first-order chi connectivity index (χ1) is 6.52. The van der Waals surface area contributed by atoms with Crippen LogP contribution in [0.2, 0.25) is 0 Å². The Hall–Kier alpha value is -0.900. The first-order valence-corrected chi connectivity index (χ1v) is 4.93. The number of rotatable bonds is 3. The summed E-state index contributed by atoms with van der Waals surface area (Å²) in [5.74, 6) is -0.375. The lowest BCUT2D eigenvalue weighted by atomic mass is 10.4. The molecule has 4 nitrogen and oxygen atoms in total. The highest BCUT2D eigenvalue weighted by molar-refractivity contribution is 6.17. The van der Waals surface area contributed by atoms with Crippen molar-refractivity contribution < 1.29 is 14.3 Å². The van der Waals surface area contributed by atoms with E-state index in [0.29, 0.717) is 5.92 Å². The van der Waals surface area contributed by atoms with Gasteiger partial charge in [0.1, 0.15) is 12.0 Å². The monoisotopic (exact) mass is 197 g/mol. The van der Waals surface area contributed by atoms with Crippen molar-refractivity contribution in [3.05, 3.63) is 0 Å². The number of carbonyl (C=O) groups is 2. The SMILES string of the molecule is CC1CC1OC(=O)C1C(=O)C1N(C)C. The third-order valence-corrected chi connectivity index (χ3v) is 2.92. The number of hydrogen-bond acceptors (Lipinski definition) is 4. The lowest BCUT2D eigenvalue weighted by Crippen LogP contribution is -2.21. The Morgan fingerprint density at radius 3 is 2.43 bits per heavy atom. The first kappa shape index (κ1) is 9.65. The van der Waals surface area contributed by atoms with Gasteiger partial charge >= 0.3 is 5.97 Å². The fourth-order valence-corrected chi connectivity index (χ4v) is 1.70. The molecule has 0 aliphatic heterocycles. The molecule has 0 saturated heterocycles. The highest BCUT2D eigenvalue weighted by atomic mass is 16.6. The van der Waals surface area contributed by atoms with Gasteiger partial charge in [0.25, 0.3) is 0 Å². The molecule has 2 fully saturated rings. The minimum atomic E-state index is -0.516. The molecule has 4 heteroatoms. The van der Waals surface area contributed by atoms with E-state index >= 15 is 0 Å². The number of likely N-dealkylation sites (N-methyl/N-ethyl adjacent to an activating group) is 1. The number of ketones is 1. The Labute approximate surface area is 83.2 Å². The van der Waals surface area contributed by atoms with Gasteiger partial charge in [0.2, 0.25) is 0 Å². The van der Waals surface area contributed by atoms with Crippen molar-refractivity contribution in [3.63, 3.8) is 0 Å². The van der Waals surface area contributed by atoms with Crippen molar-refractivity contribution in [2.75, 3.05) is 14.1 Å². The molecule has 2 aliphatic carbocycles. The number of nitrogens with zero attached hydrogens (tertiary/aromatic N) is 1. The molecule has 4 atom stereocenters. The van der Waals surface area contributed by atoms with Crippen LogP contribution in [0.3, 0.4) is 0 Å². The van der Waals surface area contributed by atoms with Crippen molar-refractivity contribution >= 4 is 11.8 Å². The van der Waals surface area contributed by atoms with Gasteiger partial charge in [-0.2, -0.15) is 0 Å². The van der Waals surface area contributed by atoms with E-state index in [1.807, 2.05) is 6.92 Å². The Kier molecular flexibility index (Phi) is 2.10. The average Bonchev–Trinajstić information content (AvgIpc) is 2.91. The largest absolute Gasteiger partial charge is 0.461 e. The lowest BCUT2D eigenvalue weighted by Gasteiger charge is -2.06. The quantitative estimate of drug-likeness (QED) is 0.474. The maximum atomic E-state index is 11.5. The van der Waals surface area contributed by atoms with Gasteiger partial charge in [0.15, 0.2) is 5.78 Å². The lowest BCUT2D eigenvalue weighted by molar-refractivity contribution is -0.147. The van der Waals surface area contributed by atoms with Gasteiger partial charge in [-0.15, -0.1) is 0 Å². The Morgan fingerprint density at radius 1 is 1.50 bits per heavy atom. The van der Waals surface area contributed by atoms with Crippen molar-refractivity contribution in [3.8, 4) is 0 Å². The summed E-state index contributed by atoms with van der Waals surface area (Å²) in [4.78, 5) is 24.5. The molecule has 0 radical (unpaired) electrons. The second kappa shape index (κ2) is 3.05. The molecule has 2 rings (SSSR count). The smallest absolute Gasteiger partial charge is 0.318 e. The summed E-state index contributed by atoms with van der Waals surface area (Å²) in [6.07, 6.45) is 1.01. The molecule has 0 amide bonds. The summed E-state index contributed by atoms with van der Waals surface area (Å²) in [6, 6.07) is -0.239. The molecule has 2 aliphatic rings. The number of hydrogen-bond donors (Lipinski definition) is 0. The fraction of sp³-hybridized carbons (Fsp3) is 0.800. The van der Waals surface area contributed by atoms with Gasteiger partial charge in [-0.25, -0.2) is 0 Å². The molecule has 0 N–H and O–H groups in total. The normalized spacial score (nSPS) is 39.9. The topological polar surface area (TPSA) is 46.6 Å². The highest BCUT2D eigenvalue weighted by Crippen LogP contribution is 2.37. The van der Waals surface area contributed by atoms with Crippen molar-refractivity contribution in [1.29, 1.82) is 0 Å². The van der Waals surface area contributed by atoms with E-state index in [1.54, 1.807) is 19.0 Å². The van der Waals surface area contributed by atoms with Gasteiger partial charge in [-0.05, 0) is 26.4 Å². The molecule has 0 spiro atoms. The Bertz CT molecular complexity index is 287. The van der Waals surface area contributed by atoms with Gasteiger partial charge in [0, 0.05) is 0 Å². The van der Waals surface area contributed by atoms with E-state index in [0.717, 1.165) is 6.42 Å². The van der Waals surface area contributed by atoms with Gasteiger partial charge < -0.3 is 4.74 Å². The van der Waals surface area contributed by atoms with Crippen LogP contribution in [0.15, 0.2) is 0 Å². The highest BCUT2D eigenvalue weighted by Gasteiger charge is 2.58. The van der Waals surface area contributed by atoms with E-state index in [9.17, 15) is 9.59 Å². The third-order valence-electron chi connectivity index (χ3n) is 2.92. The van der Waals surface area contributed by atoms with Crippen LogP contribution < -0.4 is 0 Å². The predicted octanol–water partition coefficient (Wildman–Crippen LogP) is 0.0671. The molecule has 0 aromatic carbocycles. The van der Waals surface area contributed by atoms with E-state index in [4.69, 9.17) is 4.74 Å². The number of esters is 1. The zero-order valence-corrected chi connectivity index (χ0v) is 8.69. The molecular formula is C10H15NO3.